The summed E-state index contributed by atoms with van der Waals surface area (Å²) in [6.07, 6.45) is 6.73. The first-order valence-electron chi connectivity index (χ1n) is 6.93. The lowest BCUT2D eigenvalue weighted by Crippen LogP contribution is -2.26. The van der Waals surface area contributed by atoms with Gasteiger partial charge in [-0.25, -0.2) is 4.98 Å². The fraction of sp³-hybridized carbons (Fsp3) is 0.714. The number of nitrogens with zero attached hydrogens (tertiary/aromatic N) is 3. The molecule has 1 amide bonds. The monoisotopic (exact) mass is 247 g/mol. The van der Waals surface area contributed by atoms with Gasteiger partial charge in [0.25, 0.3) is 0 Å². The van der Waals surface area contributed by atoms with Crippen LogP contribution in [0.15, 0.2) is 6.20 Å². The molecule has 1 aliphatic carbocycles. The van der Waals surface area contributed by atoms with E-state index >= 15 is 0 Å². The minimum absolute atomic E-state index is 0.208. The van der Waals surface area contributed by atoms with Crippen LogP contribution in [0.1, 0.15) is 43.7 Å². The van der Waals surface area contributed by atoms with Gasteiger partial charge in [0.05, 0.1) is 0 Å². The van der Waals surface area contributed by atoms with Crippen molar-refractivity contribution in [3.05, 3.63) is 17.7 Å². The minimum Gasteiger partial charge on any atom is -0.343 e. The predicted octanol–water partition coefficient (Wildman–Crippen LogP) is 1.94. The lowest BCUT2D eigenvalue weighted by molar-refractivity contribution is -0.127. The molecule has 0 bridgehead atoms. The van der Waals surface area contributed by atoms with E-state index in [9.17, 15) is 4.79 Å². The van der Waals surface area contributed by atoms with Crippen molar-refractivity contribution in [2.24, 2.45) is 5.92 Å². The molecular formula is C14H21N3O. The number of aromatic nitrogens is 2. The number of carbonyl (C=O) groups excluding carboxylic acids is 1. The van der Waals surface area contributed by atoms with Crippen molar-refractivity contribution in [3.63, 3.8) is 0 Å². The summed E-state index contributed by atoms with van der Waals surface area (Å²) in [4.78, 5) is 17.9. The lowest BCUT2D eigenvalue weighted by atomic mass is 10.0. The van der Waals surface area contributed by atoms with E-state index < -0.39 is 0 Å². The average molecular weight is 247 g/mol. The Bertz CT molecular complexity index is 462. The smallest absolute Gasteiger partial charge is 0.219 e. The Morgan fingerprint density at radius 3 is 2.83 bits per heavy atom. The summed E-state index contributed by atoms with van der Waals surface area (Å²) >= 11 is 0. The summed E-state index contributed by atoms with van der Waals surface area (Å²) in [6.45, 7) is 5.64. The third kappa shape index (κ3) is 2.16. The quantitative estimate of drug-likeness (QED) is 0.818. The maximum atomic E-state index is 11.3. The van der Waals surface area contributed by atoms with Crippen molar-refractivity contribution >= 4 is 5.91 Å². The molecule has 2 fully saturated rings. The highest BCUT2D eigenvalue weighted by molar-refractivity contribution is 5.73. The Kier molecular flexibility index (Phi) is 2.88. The Labute approximate surface area is 108 Å². The van der Waals surface area contributed by atoms with Crippen molar-refractivity contribution < 1.29 is 4.79 Å². The molecule has 2 aliphatic rings. The van der Waals surface area contributed by atoms with Gasteiger partial charge in [-0.05, 0) is 32.1 Å². The second-order valence-corrected chi connectivity index (χ2v) is 5.74. The number of carbonyl (C=O) groups is 1. The third-order valence-corrected chi connectivity index (χ3v) is 4.17. The molecule has 1 atom stereocenters. The van der Waals surface area contributed by atoms with Crippen LogP contribution in [-0.2, 0) is 11.2 Å². The molecule has 4 nitrogen and oxygen atoms in total. The largest absolute Gasteiger partial charge is 0.343 e. The highest BCUT2D eigenvalue weighted by Gasteiger charge is 2.30. The number of aryl methyl sites for hydroxylation is 1. The highest BCUT2D eigenvalue weighted by Crippen LogP contribution is 2.37. The standard InChI is InChI=1S/C14H21N3O/c1-10-8-15-14(17(10)13-3-4-13)7-12-5-6-16(9-12)11(2)18/h8,12-13H,3-7,9H2,1-2H3. The molecule has 1 saturated carbocycles. The van der Waals surface area contributed by atoms with Crippen LogP contribution in [0.5, 0.6) is 0 Å². The first-order valence-corrected chi connectivity index (χ1v) is 6.93. The van der Waals surface area contributed by atoms with E-state index in [4.69, 9.17) is 0 Å². The Hall–Kier alpha value is -1.32. The number of rotatable bonds is 3. The third-order valence-electron chi connectivity index (χ3n) is 4.17. The van der Waals surface area contributed by atoms with Crippen LogP contribution < -0.4 is 0 Å². The average Bonchev–Trinajstić information content (AvgIpc) is 2.93. The molecule has 1 unspecified atom stereocenters. The van der Waals surface area contributed by atoms with Crippen molar-refractivity contribution in [2.75, 3.05) is 13.1 Å². The molecule has 0 N–H and O–H groups in total. The molecule has 98 valence electrons. The van der Waals surface area contributed by atoms with E-state index in [0.29, 0.717) is 12.0 Å². The van der Waals surface area contributed by atoms with Crippen LogP contribution in [0.4, 0.5) is 0 Å². The summed E-state index contributed by atoms with van der Waals surface area (Å²) in [5, 5.41) is 0. The maximum absolute atomic E-state index is 11.3. The summed E-state index contributed by atoms with van der Waals surface area (Å²) < 4.78 is 2.41. The van der Waals surface area contributed by atoms with E-state index in [2.05, 4.69) is 16.5 Å². The van der Waals surface area contributed by atoms with Crippen LogP contribution >= 0.6 is 0 Å². The van der Waals surface area contributed by atoms with Gasteiger partial charge >= 0.3 is 0 Å². The van der Waals surface area contributed by atoms with E-state index in [0.717, 1.165) is 25.9 Å². The first-order chi connectivity index (χ1) is 8.65. The molecular weight excluding hydrogens is 226 g/mol. The fourth-order valence-electron chi connectivity index (χ4n) is 3.02. The van der Waals surface area contributed by atoms with E-state index in [1.54, 1.807) is 6.92 Å². The van der Waals surface area contributed by atoms with Crippen LogP contribution in [-0.4, -0.2) is 33.4 Å². The van der Waals surface area contributed by atoms with Gasteiger partial charge in [0.1, 0.15) is 5.82 Å². The van der Waals surface area contributed by atoms with E-state index in [1.807, 2.05) is 11.1 Å². The summed E-state index contributed by atoms with van der Waals surface area (Å²) in [7, 11) is 0. The van der Waals surface area contributed by atoms with Crippen LogP contribution in [0.25, 0.3) is 0 Å². The van der Waals surface area contributed by atoms with Crippen LogP contribution in [0.3, 0.4) is 0 Å². The van der Waals surface area contributed by atoms with Crippen LogP contribution in [0, 0.1) is 12.8 Å². The molecule has 1 saturated heterocycles. The van der Waals surface area contributed by atoms with Gasteiger partial charge in [0, 0.05) is 44.4 Å². The molecule has 0 aromatic carbocycles. The zero-order valence-electron chi connectivity index (χ0n) is 11.2. The van der Waals surface area contributed by atoms with Crippen LogP contribution in [0.2, 0.25) is 0 Å². The van der Waals surface area contributed by atoms with E-state index in [-0.39, 0.29) is 5.91 Å². The van der Waals surface area contributed by atoms with Gasteiger partial charge in [-0.15, -0.1) is 0 Å². The Morgan fingerprint density at radius 2 is 2.22 bits per heavy atom. The minimum atomic E-state index is 0.208. The molecule has 1 aliphatic heterocycles. The zero-order valence-corrected chi connectivity index (χ0v) is 11.2. The van der Waals surface area contributed by atoms with Gasteiger partial charge in [-0.1, -0.05) is 0 Å². The zero-order chi connectivity index (χ0) is 12.7. The van der Waals surface area contributed by atoms with Gasteiger partial charge in [-0.2, -0.15) is 0 Å². The number of amides is 1. The van der Waals surface area contributed by atoms with Gasteiger partial charge in [0.15, 0.2) is 0 Å². The second kappa shape index (κ2) is 4.41. The molecule has 0 radical (unpaired) electrons. The highest BCUT2D eigenvalue weighted by atomic mass is 16.2. The van der Waals surface area contributed by atoms with Crippen molar-refractivity contribution in [3.8, 4) is 0 Å². The number of imidazole rings is 1. The summed E-state index contributed by atoms with van der Waals surface area (Å²) in [5.41, 5.74) is 1.29. The number of likely N-dealkylation sites (tertiary alicyclic amines) is 1. The predicted molar refractivity (Wildman–Crippen MR) is 69.3 cm³/mol. The summed E-state index contributed by atoms with van der Waals surface area (Å²) in [5.74, 6) is 2.03. The lowest BCUT2D eigenvalue weighted by Gasteiger charge is -2.15. The number of hydrogen-bond donors (Lipinski definition) is 0. The Morgan fingerprint density at radius 1 is 1.44 bits per heavy atom. The van der Waals surface area contributed by atoms with Crippen molar-refractivity contribution in [2.45, 2.75) is 45.6 Å². The first kappa shape index (κ1) is 11.8. The summed E-state index contributed by atoms with van der Waals surface area (Å²) in [6, 6.07) is 0.702. The molecule has 4 heteroatoms. The van der Waals surface area contributed by atoms with Gasteiger partial charge in [-0.3, -0.25) is 4.79 Å². The molecule has 1 aromatic heterocycles. The Balaban J connectivity index is 1.68. The van der Waals surface area contributed by atoms with E-state index in [1.165, 1.54) is 24.4 Å². The number of hydrogen-bond acceptors (Lipinski definition) is 2. The molecule has 18 heavy (non-hydrogen) atoms. The molecule has 2 heterocycles. The normalized spacial score (nSPS) is 23.7. The fourth-order valence-corrected chi connectivity index (χ4v) is 3.02. The molecule has 3 rings (SSSR count). The van der Waals surface area contributed by atoms with Gasteiger partial charge < -0.3 is 9.47 Å². The SMILES string of the molecule is CC(=O)N1CCC(Cc2ncc(C)n2C2CC2)C1. The molecule has 1 aromatic rings. The second-order valence-electron chi connectivity index (χ2n) is 5.74. The van der Waals surface area contributed by atoms with Crippen molar-refractivity contribution in [1.82, 2.24) is 14.5 Å². The molecule has 0 spiro atoms. The van der Waals surface area contributed by atoms with Gasteiger partial charge in [0.2, 0.25) is 5.91 Å². The topological polar surface area (TPSA) is 38.1 Å². The van der Waals surface area contributed by atoms with Crippen molar-refractivity contribution in [1.29, 1.82) is 0 Å². The maximum Gasteiger partial charge on any atom is 0.219 e.